The standard InChI is InChI=1S/C28H30ClN5O4/c1-2-13-38-28(37)34-11-9-33(10-12-34)27(36)19-4-6-21-23(16-19)32-22-14-17(3-5-20(22)25(21)29)18-7-8-31-24(15-18)26(30)35/h4,6-8,15-17H,2-3,5,9-14H2,1H3,(H2,30,35). The van der Waals surface area contributed by atoms with Gasteiger partial charge in [0.1, 0.15) is 5.69 Å². The highest BCUT2D eigenvalue weighted by Crippen LogP contribution is 2.38. The van der Waals surface area contributed by atoms with Crippen LogP contribution in [-0.2, 0) is 17.6 Å². The molecular weight excluding hydrogens is 506 g/mol. The van der Waals surface area contributed by atoms with Crippen LogP contribution in [0.25, 0.3) is 10.9 Å². The molecule has 0 spiro atoms. The third-order valence-corrected chi connectivity index (χ3v) is 7.73. The molecule has 1 atom stereocenters. The summed E-state index contributed by atoms with van der Waals surface area (Å²) in [5, 5.41) is 1.50. The number of amides is 3. The molecule has 2 N–H and O–H groups in total. The minimum atomic E-state index is -0.551. The molecule has 3 aromatic rings. The van der Waals surface area contributed by atoms with Crippen molar-refractivity contribution >= 4 is 40.4 Å². The van der Waals surface area contributed by atoms with Gasteiger partial charge in [-0.1, -0.05) is 24.6 Å². The minimum Gasteiger partial charge on any atom is -0.449 e. The monoisotopic (exact) mass is 535 g/mol. The lowest BCUT2D eigenvalue weighted by atomic mass is 9.82. The smallest absolute Gasteiger partial charge is 0.409 e. The van der Waals surface area contributed by atoms with Crippen molar-refractivity contribution in [2.24, 2.45) is 5.73 Å². The first kappa shape index (κ1) is 25.9. The number of nitrogens with zero attached hydrogens (tertiary/aromatic N) is 4. The van der Waals surface area contributed by atoms with E-state index in [9.17, 15) is 14.4 Å². The second kappa shape index (κ2) is 10.9. The maximum absolute atomic E-state index is 13.3. The molecule has 2 aliphatic rings. The van der Waals surface area contributed by atoms with Crippen LogP contribution >= 0.6 is 11.6 Å². The van der Waals surface area contributed by atoms with Gasteiger partial charge in [-0.05, 0) is 67.0 Å². The summed E-state index contributed by atoms with van der Waals surface area (Å²) in [6, 6.07) is 9.11. The quantitative estimate of drug-likeness (QED) is 0.528. The van der Waals surface area contributed by atoms with Crippen LogP contribution in [0.2, 0.25) is 5.02 Å². The molecule has 0 saturated carbocycles. The number of aromatic nitrogens is 2. The van der Waals surface area contributed by atoms with Crippen molar-refractivity contribution in [3.05, 3.63) is 69.6 Å². The molecule has 0 radical (unpaired) electrons. The molecule has 9 nitrogen and oxygen atoms in total. The molecule has 3 amide bonds. The van der Waals surface area contributed by atoms with Crippen molar-refractivity contribution in [1.82, 2.24) is 19.8 Å². The van der Waals surface area contributed by atoms with Crippen molar-refractivity contribution in [3.8, 4) is 0 Å². The van der Waals surface area contributed by atoms with Crippen molar-refractivity contribution < 1.29 is 19.1 Å². The summed E-state index contributed by atoms with van der Waals surface area (Å²) >= 11 is 6.83. The molecule has 1 aliphatic carbocycles. The lowest BCUT2D eigenvalue weighted by Crippen LogP contribution is -2.50. The fourth-order valence-corrected chi connectivity index (χ4v) is 5.56. The number of carbonyl (C=O) groups is 3. The number of nitrogens with two attached hydrogens (primary N) is 1. The first-order chi connectivity index (χ1) is 18.4. The van der Waals surface area contributed by atoms with Gasteiger partial charge in [0.2, 0.25) is 0 Å². The Bertz CT molecular complexity index is 1400. The molecule has 198 valence electrons. The third kappa shape index (κ3) is 5.15. The average molecular weight is 536 g/mol. The molecule has 1 aromatic carbocycles. The predicted molar refractivity (Wildman–Crippen MR) is 143 cm³/mol. The van der Waals surface area contributed by atoms with E-state index >= 15 is 0 Å². The van der Waals surface area contributed by atoms with E-state index in [-0.39, 0.29) is 23.6 Å². The summed E-state index contributed by atoms with van der Waals surface area (Å²) in [7, 11) is 0. The Morgan fingerprint density at radius 2 is 1.87 bits per heavy atom. The van der Waals surface area contributed by atoms with Crippen LogP contribution in [0, 0.1) is 0 Å². The highest BCUT2D eigenvalue weighted by Gasteiger charge is 2.28. The second-order valence-electron chi connectivity index (χ2n) is 9.75. The number of hydrogen-bond acceptors (Lipinski definition) is 6. The van der Waals surface area contributed by atoms with Crippen molar-refractivity contribution in [1.29, 1.82) is 0 Å². The molecule has 1 unspecified atom stereocenters. The zero-order chi connectivity index (χ0) is 26.8. The number of hydrogen-bond donors (Lipinski definition) is 1. The third-order valence-electron chi connectivity index (χ3n) is 7.29. The summed E-state index contributed by atoms with van der Waals surface area (Å²) in [6.45, 7) is 4.10. The van der Waals surface area contributed by atoms with Gasteiger partial charge >= 0.3 is 6.09 Å². The predicted octanol–water partition coefficient (Wildman–Crippen LogP) is 3.96. The summed E-state index contributed by atoms with van der Waals surface area (Å²) in [5.74, 6) is -0.488. The first-order valence-electron chi connectivity index (χ1n) is 12.9. The maximum atomic E-state index is 13.3. The number of ether oxygens (including phenoxy) is 1. The SMILES string of the molecule is CCCOC(=O)N1CCN(C(=O)c2ccc3c(Cl)c4c(nc3c2)CC(c2ccnc(C(N)=O)c2)CC4)CC1. The van der Waals surface area contributed by atoms with E-state index < -0.39 is 5.91 Å². The lowest BCUT2D eigenvalue weighted by Gasteiger charge is -2.34. The molecule has 1 saturated heterocycles. The van der Waals surface area contributed by atoms with E-state index in [2.05, 4.69) is 4.98 Å². The van der Waals surface area contributed by atoms with Crippen molar-refractivity contribution in [3.63, 3.8) is 0 Å². The van der Waals surface area contributed by atoms with E-state index in [1.165, 1.54) is 0 Å². The highest BCUT2D eigenvalue weighted by atomic mass is 35.5. The lowest BCUT2D eigenvalue weighted by molar-refractivity contribution is 0.0560. The van der Waals surface area contributed by atoms with E-state index in [0.29, 0.717) is 55.3 Å². The molecule has 1 fully saturated rings. The van der Waals surface area contributed by atoms with Crippen LogP contribution < -0.4 is 5.73 Å². The van der Waals surface area contributed by atoms with Gasteiger partial charge in [0, 0.05) is 49.0 Å². The van der Waals surface area contributed by atoms with Crippen LogP contribution in [-0.4, -0.2) is 70.5 Å². The number of piperazine rings is 1. The second-order valence-corrected chi connectivity index (χ2v) is 10.1. The maximum Gasteiger partial charge on any atom is 0.409 e. The molecule has 2 aromatic heterocycles. The van der Waals surface area contributed by atoms with Crippen LogP contribution in [0.1, 0.15) is 63.4 Å². The van der Waals surface area contributed by atoms with Gasteiger partial charge in [-0.3, -0.25) is 19.6 Å². The van der Waals surface area contributed by atoms with E-state index in [1.807, 2.05) is 19.1 Å². The fraction of sp³-hybridized carbons (Fsp3) is 0.393. The Morgan fingerprint density at radius 3 is 2.61 bits per heavy atom. The Kier molecular flexibility index (Phi) is 7.46. The van der Waals surface area contributed by atoms with E-state index in [0.717, 1.165) is 41.5 Å². The normalized spacial score (nSPS) is 17.3. The van der Waals surface area contributed by atoms with Gasteiger partial charge in [0.15, 0.2) is 0 Å². The molecule has 3 heterocycles. The number of pyridine rings is 2. The zero-order valence-corrected chi connectivity index (χ0v) is 22.0. The minimum absolute atomic E-state index is 0.0993. The Hall–Kier alpha value is -3.72. The molecular formula is C28H30ClN5O4. The number of halogens is 1. The highest BCUT2D eigenvalue weighted by molar-refractivity contribution is 6.36. The van der Waals surface area contributed by atoms with Crippen LogP contribution in [0.3, 0.4) is 0 Å². The first-order valence-corrected chi connectivity index (χ1v) is 13.3. The van der Waals surface area contributed by atoms with Crippen molar-refractivity contribution in [2.75, 3.05) is 32.8 Å². The van der Waals surface area contributed by atoms with Gasteiger partial charge in [-0.2, -0.15) is 0 Å². The Morgan fingerprint density at radius 1 is 1.11 bits per heavy atom. The number of carbonyl (C=O) groups excluding carboxylic acids is 3. The van der Waals surface area contributed by atoms with Gasteiger partial charge in [0.05, 0.1) is 17.1 Å². The van der Waals surface area contributed by atoms with E-state index in [1.54, 1.807) is 34.2 Å². The largest absolute Gasteiger partial charge is 0.449 e. The van der Waals surface area contributed by atoms with Gasteiger partial charge in [-0.25, -0.2) is 4.79 Å². The molecule has 0 bridgehead atoms. The summed E-state index contributed by atoms with van der Waals surface area (Å²) in [5.41, 5.74) is 9.81. The summed E-state index contributed by atoms with van der Waals surface area (Å²) in [4.78, 5) is 49.3. The number of primary amides is 1. The number of rotatable bonds is 5. The van der Waals surface area contributed by atoms with Crippen LogP contribution in [0.4, 0.5) is 4.79 Å². The summed E-state index contributed by atoms with van der Waals surface area (Å²) in [6.07, 6.45) is 4.36. The number of fused-ring (bicyclic) bond motifs is 2. The molecule has 38 heavy (non-hydrogen) atoms. The Balaban J connectivity index is 1.34. The average Bonchev–Trinajstić information content (AvgIpc) is 2.95. The summed E-state index contributed by atoms with van der Waals surface area (Å²) < 4.78 is 5.21. The number of benzene rings is 1. The molecule has 1 aliphatic heterocycles. The molecule has 10 heteroatoms. The van der Waals surface area contributed by atoms with E-state index in [4.69, 9.17) is 27.1 Å². The van der Waals surface area contributed by atoms with Gasteiger partial charge in [-0.15, -0.1) is 0 Å². The van der Waals surface area contributed by atoms with Crippen LogP contribution in [0.15, 0.2) is 36.5 Å². The fourth-order valence-electron chi connectivity index (χ4n) is 5.20. The molecule has 5 rings (SSSR count). The Labute approximate surface area is 225 Å². The van der Waals surface area contributed by atoms with Gasteiger partial charge in [0.25, 0.3) is 11.8 Å². The van der Waals surface area contributed by atoms with Gasteiger partial charge < -0.3 is 20.3 Å². The van der Waals surface area contributed by atoms with Crippen molar-refractivity contribution in [2.45, 2.75) is 38.5 Å². The van der Waals surface area contributed by atoms with Crippen LogP contribution in [0.5, 0.6) is 0 Å². The topological polar surface area (TPSA) is 119 Å². The zero-order valence-electron chi connectivity index (χ0n) is 21.3.